The molecule has 1 fully saturated rings. The van der Waals surface area contributed by atoms with Gasteiger partial charge in [-0.05, 0) is 44.5 Å². The van der Waals surface area contributed by atoms with Gasteiger partial charge in [0.2, 0.25) is 0 Å². The Morgan fingerprint density at radius 2 is 1.85 bits per heavy atom. The van der Waals surface area contributed by atoms with Crippen LogP contribution in [-0.2, 0) is 6.18 Å². The molecular weight excluding hydrogens is 265 g/mol. The SMILES string of the molecule is CC(NCCN(C)C1CC1)c1ccc(C(F)(F)F)cc1. The number of alkyl halides is 3. The minimum absolute atomic E-state index is 0.0601. The van der Waals surface area contributed by atoms with E-state index in [1.165, 1.54) is 12.8 Å². The largest absolute Gasteiger partial charge is 0.416 e. The van der Waals surface area contributed by atoms with Crippen molar-refractivity contribution in [3.8, 4) is 0 Å². The topological polar surface area (TPSA) is 15.3 Å². The number of benzene rings is 1. The summed E-state index contributed by atoms with van der Waals surface area (Å²) in [6.07, 6.45) is -1.70. The number of likely N-dealkylation sites (N-methyl/N-ethyl adjacent to an activating group) is 1. The third-order valence-electron chi connectivity index (χ3n) is 3.82. The minimum atomic E-state index is -4.26. The molecule has 0 saturated heterocycles. The van der Waals surface area contributed by atoms with Crippen LogP contribution in [0.5, 0.6) is 0 Å². The number of hydrogen-bond acceptors (Lipinski definition) is 2. The number of rotatable bonds is 6. The van der Waals surface area contributed by atoms with Crippen molar-refractivity contribution < 1.29 is 13.2 Å². The molecule has 20 heavy (non-hydrogen) atoms. The van der Waals surface area contributed by atoms with Crippen molar-refractivity contribution in [3.05, 3.63) is 35.4 Å². The van der Waals surface area contributed by atoms with E-state index >= 15 is 0 Å². The first-order valence-electron chi connectivity index (χ1n) is 6.98. The van der Waals surface area contributed by atoms with Crippen LogP contribution >= 0.6 is 0 Å². The molecule has 112 valence electrons. The molecule has 2 nitrogen and oxygen atoms in total. The molecule has 0 heterocycles. The third kappa shape index (κ3) is 4.21. The van der Waals surface area contributed by atoms with Gasteiger partial charge in [-0.1, -0.05) is 12.1 Å². The maximum absolute atomic E-state index is 12.5. The Morgan fingerprint density at radius 3 is 2.35 bits per heavy atom. The fourth-order valence-corrected chi connectivity index (χ4v) is 2.23. The Hall–Kier alpha value is -1.07. The zero-order chi connectivity index (χ0) is 14.8. The molecule has 1 atom stereocenters. The van der Waals surface area contributed by atoms with Gasteiger partial charge in [0.15, 0.2) is 0 Å². The van der Waals surface area contributed by atoms with E-state index in [0.29, 0.717) is 0 Å². The molecule has 1 N–H and O–H groups in total. The first kappa shape index (κ1) is 15.3. The Balaban J connectivity index is 1.81. The Morgan fingerprint density at radius 1 is 1.25 bits per heavy atom. The molecule has 0 aliphatic heterocycles. The van der Waals surface area contributed by atoms with Crippen molar-refractivity contribution in [1.82, 2.24) is 10.2 Å². The molecule has 0 amide bonds. The van der Waals surface area contributed by atoms with E-state index in [-0.39, 0.29) is 6.04 Å². The Kier molecular flexibility index (Phi) is 4.70. The number of nitrogens with one attached hydrogen (secondary N) is 1. The first-order valence-corrected chi connectivity index (χ1v) is 6.98. The predicted molar refractivity (Wildman–Crippen MR) is 73.5 cm³/mol. The molecule has 0 spiro atoms. The number of nitrogens with zero attached hydrogens (tertiary/aromatic N) is 1. The highest BCUT2D eigenvalue weighted by atomic mass is 19.4. The van der Waals surface area contributed by atoms with Crippen LogP contribution in [0.4, 0.5) is 13.2 Å². The second-order valence-electron chi connectivity index (χ2n) is 5.51. The van der Waals surface area contributed by atoms with Gasteiger partial charge in [0, 0.05) is 25.2 Å². The van der Waals surface area contributed by atoms with Crippen LogP contribution in [0.25, 0.3) is 0 Å². The monoisotopic (exact) mass is 286 g/mol. The van der Waals surface area contributed by atoms with Crippen LogP contribution in [0.1, 0.15) is 36.9 Å². The van der Waals surface area contributed by atoms with Crippen molar-refractivity contribution in [2.75, 3.05) is 20.1 Å². The van der Waals surface area contributed by atoms with Gasteiger partial charge in [-0.15, -0.1) is 0 Å². The van der Waals surface area contributed by atoms with Crippen LogP contribution < -0.4 is 5.32 Å². The summed E-state index contributed by atoms with van der Waals surface area (Å²) < 4.78 is 37.4. The van der Waals surface area contributed by atoms with Crippen molar-refractivity contribution >= 4 is 0 Å². The second-order valence-corrected chi connectivity index (χ2v) is 5.51. The molecule has 1 unspecified atom stereocenters. The zero-order valence-corrected chi connectivity index (χ0v) is 11.9. The van der Waals surface area contributed by atoms with E-state index in [1.54, 1.807) is 12.1 Å². The average molecular weight is 286 g/mol. The van der Waals surface area contributed by atoms with Gasteiger partial charge in [0.05, 0.1) is 5.56 Å². The molecule has 1 aromatic rings. The highest BCUT2D eigenvalue weighted by Crippen LogP contribution is 2.30. The molecule has 0 aromatic heterocycles. The molecule has 0 bridgehead atoms. The smallest absolute Gasteiger partial charge is 0.309 e. The summed E-state index contributed by atoms with van der Waals surface area (Å²) in [5.74, 6) is 0. The van der Waals surface area contributed by atoms with Crippen molar-refractivity contribution in [2.24, 2.45) is 0 Å². The molecule has 1 saturated carbocycles. The lowest BCUT2D eigenvalue weighted by atomic mass is 10.1. The molecule has 1 aliphatic carbocycles. The molecule has 1 aliphatic rings. The summed E-state index contributed by atoms with van der Waals surface area (Å²) in [6, 6.07) is 6.17. The Bertz CT molecular complexity index is 424. The van der Waals surface area contributed by atoms with Gasteiger partial charge >= 0.3 is 6.18 Å². The zero-order valence-electron chi connectivity index (χ0n) is 11.9. The van der Waals surface area contributed by atoms with Gasteiger partial charge in [0.1, 0.15) is 0 Å². The van der Waals surface area contributed by atoms with E-state index < -0.39 is 11.7 Å². The van der Waals surface area contributed by atoms with Crippen LogP contribution in [0.15, 0.2) is 24.3 Å². The minimum Gasteiger partial charge on any atom is -0.309 e. The van der Waals surface area contributed by atoms with E-state index in [0.717, 1.165) is 36.8 Å². The van der Waals surface area contributed by atoms with Crippen LogP contribution in [-0.4, -0.2) is 31.1 Å². The van der Waals surface area contributed by atoms with E-state index in [1.807, 2.05) is 6.92 Å². The normalized spacial score (nSPS) is 17.5. The average Bonchev–Trinajstić information content (AvgIpc) is 3.22. The van der Waals surface area contributed by atoms with E-state index in [9.17, 15) is 13.2 Å². The fraction of sp³-hybridized carbons (Fsp3) is 0.600. The predicted octanol–water partition coefficient (Wildman–Crippen LogP) is 3.45. The molecular formula is C15H21F3N2. The van der Waals surface area contributed by atoms with Gasteiger partial charge < -0.3 is 10.2 Å². The van der Waals surface area contributed by atoms with E-state index in [4.69, 9.17) is 0 Å². The maximum atomic E-state index is 12.5. The Labute approximate surface area is 118 Å². The van der Waals surface area contributed by atoms with Crippen LogP contribution in [0.3, 0.4) is 0 Å². The quantitative estimate of drug-likeness (QED) is 0.861. The first-order chi connectivity index (χ1) is 9.38. The number of halogens is 3. The second kappa shape index (κ2) is 6.14. The highest BCUT2D eigenvalue weighted by molar-refractivity contribution is 5.26. The van der Waals surface area contributed by atoms with Gasteiger partial charge in [-0.3, -0.25) is 0 Å². The molecule has 5 heteroatoms. The summed E-state index contributed by atoms with van der Waals surface area (Å²) in [5, 5.41) is 3.35. The summed E-state index contributed by atoms with van der Waals surface area (Å²) >= 11 is 0. The lowest BCUT2D eigenvalue weighted by molar-refractivity contribution is -0.137. The summed E-state index contributed by atoms with van der Waals surface area (Å²) in [7, 11) is 2.11. The lowest BCUT2D eigenvalue weighted by Gasteiger charge is -2.19. The highest BCUT2D eigenvalue weighted by Gasteiger charge is 2.30. The third-order valence-corrected chi connectivity index (χ3v) is 3.82. The fourth-order valence-electron chi connectivity index (χ4n) is 2.23. The van der Waals surface area contributed by atoms with E-state index in [2.05, 4.69) is 17.3 Å². The van der Waals surface area contributed by atoms with Gasteiger partial charge in [-0.2, -0.15) is 13.2 Å². The number of hydrogen-bond donors (Lipinski definition) is 1. The summed E-state index contributed by atoms with van der Waals surface area (Å²) in [4.78, 5) is 2.33. The molecule has 2 rings (SSSR count). The van der Waals surface area contributed by atoms with Crippen molar-refractivity contribution in [2.45, 2.75) is 38.0 Å². The van der Waals surface area contributed by atoms with Gasteiger partial charge in [0.25, 0.3) is 0 Å². The summed E-state index contributed by atoms with van der Waals surface area (Å²) in [6.45, 7) is 3.78. The van der Waals surface area contributed by atoms with Crippen LogP contribution in [0.2, 0.25) is 0 Å². The van der Waals surface area contributed by atoms with Crippen LogP contribution in [0, 0.1) is 0 Å². The standard InChI is InChI=1S/C15H21F3N2/c1-11(19-9-10-20(2)14-7-8-14)12-3-5-13(6-4-12)15(16,17)18/h3-6,11,14,19H,7-10H2,1-2H3. The maximum Gasteiger partial charge on any atom is 0.416 e. The van der Waals surface area contributed by atoms with Crippen molar-refractivity contribution in [1.29, 1.82) is 0 Å². The molecule has 1 aromatic carbocycles. The van der Waals surface area contributed by atoms with Gasteiger partial charge in [-0.25, -0.2) is 0 Å². The summed E-state index contributed by atoms with van der Waals surface area (Å²) in [5.41, 5.74) is 0.286. The lowest BCUT2D eigenvalue weighted by Crippen LogP contribution is -2.32. The molecule has 0 radical (unpaired) electrons. The van der Waals surface area contributed by atoms with Crippen molar-refractivity contribution in [3.63, 3.8) is 0 Å².